The smallest absolute Gasteiger partial charge is 0.405 e. The van der Waals surface area contributed by atoms with Crippen molar-refractivity contribution >= 4 is 0 Å². The minimum Gasteiger partial charge on any atom is -0.405 e. The molecule has 0 spiro atoms. The second-order valence-corrected chi connectivity index (χ2v) is 3.45. The second-order valence-electron chi connectivity index (χ2n) is 3.45. The molecule has 1 N–H and O–H groups in total. The summed E-state index contributed by atoms with van der Waals surface area (Å²) in [7, 11) is 1.68. The van der Waals surface area contributed by atoms with E-state index in [9.17, 15) is 13.2 Å². The van der Waals surface area contributed by atoms with E-state index in [1.165, 1.54) is 12.1 Å². The lowest BCUT2D eigenvalue weighted by Gasteiger charge is -2.19. The Morgan fingerprint density at radius 1 is 1.41 bits per heavy atom. The Balaban J connectivity index is 3.01. The van der Waals surface area contributed by atoms with Crippen molar-refractivity contribution in [3.8, 4) is 5.75 Å². The molecule has 0 heterocycles. The van der Waals surface area contributed by atoms with Crippen molar-refractivity contribution in [2.75, 3.05) is 7.05 Å². The lowest BCUT2D eigenvalue weighted by Crippen LogP contribution is -2.21. The Morgan fingerprint density at radius 3 is 2.59 bits per heavy atom. The van der Waals surface area contributed by atoms with E-state index in [1.54, 1.807) is 25.3 Å². The highest BCUT2D eigenvalue weighted by Crippen LogP contribution is 2.31. The fourth-order valence-electron chi connectivity index (χ4n) is 1.55. The highest BCUT2D eigenvalue weighted by Gasteiger charge is 2.32. The summed E-state index contributed by atoms with van der Waals surface area (Å²) in [6, 6.07) is 5.84. The summed E-state index contributed by atoms with van der Waals surface area (Å²) in [4.78, 5) is 0. The van der Waals surface area contributed by atoms with E-state index in [-0.39, 0.29) is 11.8 Å². The largest absolute Gasteiger partial charge is 0.573 e. The normalized spacial score (nSPS) is 13.2. The standard InChI is InChI=1S/C12H14F3NO/c1-3-6-10(16-2)9-7-4-5-8-11(9)17-12(13,14)15/h3-5,7-8,10,16H,1,6H2,2H3. The second kappa shape index (κ2) is 5.72. The summed E-state index contributed by atoms with van der Waals surface area (Å²) in [6.45, 7) is 3.58. The number of ether oxygens (including phenoxy) is 1. The van der Waals surface area contributed by atoms with Crippen molar-refractivity contribution in [1.29, 1.82) is 0 Å². The van der Waals surface area contributed by atoms with Gasteiger partial charge in [-0.2, -0.15) is 0 Å². The Morgan fingerprint density at radius 2 is 2.06 bits per heavy atom. The van der Waals surface area contributed by atoms with Gasteiger partial charge in [-0.15, -0.1) is 19.8 Å². The maximum absolute atomic E-state index is 12.2. The maximum Gasteiger partial charge on any atom is 0.573 e. The number of halogens is 3. The van der Waals surface area contributed by atoms with Crippen LogP contribution in [0.15, 0.2) is 36.9 Å². The van der Waals surface area contributed by atoms with Crippen molar-refractivity contribution in [3.05, 3.63) is 42.5 Å². The average Bonchev–Trinajstić information content (AvgIpc) is 2.25. The SMILES string of the molecule is C=CCC(NC)c1ccccc1OC(F)(F)F. The van der Waals surface area contributed by atoms with E-state index >= 15 is 0 Å². The molecular weight excluding hydrogens is 231 g/mol. The van der Waals surface area contributed by atoms with Crippen LogP contribution in [0.3, 0.4) is 0 Å². The Bertz CT molecular complexity index is 376. The molecule has 17 heavy (non-hydrogen) atoms. The first kappa shape index (κ1) is 13.6. The molecule has 1 unspecified atom stereocenters. The van der Waals surface area contributed by atoms with E-state index < -0.39 is 6.36 Å². The molecule has 1 rings (SSSR count). The van der Waals surface area contributed by atoms with Gasteiger partial charge >= 0.3 is 6.36 Å². The molecule has 5 heteroatoms. The molecule has 0 aliphatic carbocycles. The fourth-order valence-corrected chi connectivity index (χ4v) is 1.55. The van der Waals surface area contributed by atoms with Gasteiger partial charge in [0.05, 0.1) is 0 Å². The summed E-state index contributed by atoms with van der Waals surface area (Å²) >= 11 is 0. The van der Waals surface area contributed by atoms with Crippen LogP contribution in [0.25, 0.3) is 0 Å². The van der Waals surface area contributed by atoms with Gasteiger partial charge < -0.3 is 10.1 Å². The molecular formula is C12H14F3NO. The number of benzene rings is 1. The molecule has 1 atom stereocenters. The first-order valence-corrected chi connectivity index (χ1v) is 5.10. The maximum atomic E-state index is 12.2. The molecule has 94 valence electrons. The number of hydrogen-bond donors (Lipinski definition) is 1. The lowest BCUT2D eigenvalue weighted by atomic mass is 10.0. The van der Waals surface area contributed by atoms with Crippen LogP contribution in [0.5, 0.6) is 5.75 Å². The Kier molecular flexibility index (Phi) is 4.57. The van der Waals surface area contributed by atoms with Crippen LogP contribution in [-0.2, 0) is 0 Å². The summed E-state index contributed by atoms with van der Waals surface area (Å²) in [5.41, 5.74) is 0.465. The first-order chi connectivity index (χ1) is 7.98. The molecule has 0 fully saturated rings. The highest BCUT2D eigenvalue weighted by molar-refractivity contribution is 5.36. The van der Waals surface area contributed by atoms with Gasteiger partial charge in [-0.1, -0.05) is 24.3 Å². The van der Waals surface area contributed by atoms with Crippen LogP contribution in [-0.4, -0.2) is 13.4 Å². The molecule has 0 aromatic heterocycles. The zero-order valence-electron chi connectivity index (χ0n) is 9.42. The van der Waals surface area contributed by atoms with Gasteiger partial charge in [-0.25, -0.2) is 0 Å². The van der Waals surface area contributed by atoms with Crippen LogP contribution in [0, 0.1) is 0 Å². The minimum absolute atomic E-state index is 0.179. The van der Waals surface area contributed by atoms with Gasteiger partial charge in [-0.3, -0.25) is 0 Å². The van der Waals surface area contributed by atoms with Crippen molar-refractivity contribution in [3.63, 3.8) is 0 Å². The summed E-state index contributed by atoms with van der Waals surface area (Å²) in [5, 5.41) is 2.93. The zero-order valence-corrected chi connectivity index (χ0v) is 9.42. The molecule has 0 aliphatic rings. The third-order valence-electron chi connectivity index (χ3n) is 2.27. The Hall–Kier alpha value is -1.49. The average molecular weight is 245 g/mol. The van der Waals surface area contributed by atoms with E-state index in [0.29, 0.717) is 12.0 Å². The number of nitrogens with one attached hydrogen (secondary N) is 1. The predicted molar refractivity (Wildman–Crippen MR) is 59.7 cm³/mol. The number of hydrogen-bond acceptors (Lipinski definition) is 2. The monoisotopic (exact) mass is 245 g/mol. The summed E-state index contributed by atoms with van der Waals surface area (Å²) < 4.78 is 40.6. The van der Waals surface area contributed by atoms with E-state index in [1.807, 2.05) is 0 Å². The van der Waals surface area contributed by atoms with Gasteiger partial charge in [-0.05, 0) is 19.5 Å². The minimum atomic E-state index is -4.68. The van der Waals surface area contributed by atoms with E-state index in [4.69, 9.17) is 0 Å². The molecule has 0 radical (unpaired) electrons. The van der Waals surface area contributed by atoms with Crippen LogP contribution < -0.4 is 10.1 Å². The topological polar surface area (TPSA) is 21.3 Å². The molecule has 1 aromatic carbocycles. The van der Waals surface area contributed by atoms with E-state index in [2.05, 4.69) is 16.6 Å². The molecule has 2 nitrogen and oxygen atoms in total. The number of rotatable bonds is 5. The van der Waals surface area contributed by atoms with E-state index in [0.717, 1.165) is 0 Å². The summed E-state index contributed by atoms with van der Waals surface area (Å²) in [6.07, 6.45) is -2.51. The van der Waals surface area contributed by atoms with Gasteiger partial charge in [0, 0.05) is 11.6 Å². The first-order valence-electron chi connectivity index (χ1n) is 5.10. The zero-order chi connectivity index (χ0) is 12.9. The molecule has 0 aliphatic heterocycles. The van der Waals surface area contributed by atoms with Crippen LogP contribution in [0.1, 0.15) is 18.0 Å². The third kappa shape index (κ3) is 4.11. The predicted octanol–water partition coefficient (Wildman–Crippen LogP) is 3.42. The van der Waals surface area contributed by atoms with Gasteiger partial charge in [0.2, 0.25) is 0 Å². The molecule has 0 saturated heterocycles. The van der Waals surface area contributed by atoms with Crippen LogP contribution in [0.2, 0.25) is 0 Å². The Labute approximate surface area is 98.1 Å². The number of alkyl halides is 3. The molecule has 1 aromatic rings. The quantitative estimate of drug-likeness (QED) is 0.802. The highest BCUT2D eigenvalue weighted by atomic mass is 19.4. The van der Waals surface area contributed by atoms with Crippen molar-refractivity contribution in [2.45, 2.75) is 18.8 Å². The molecule has 0 amide bonds. The van der Waals surface area contributed by atoms with Gasteiger partial charge in [0.1, 0.15) is 5.75 Å². The van der Waals surface area contributed by atoms with Gasteiger partial charge in [0.15, 0.2) is 0 Å². The van der Waals surface area contributed by atoms with Crippen LogP contribution in [0.4, 0.5) is 13.2 Å². The fraction of sp³-hybridized carbons (Fsp3) is 0.333. The molecule has 0 bridgehead atoms. The summed E-state index contributed by atoms with van der Waals surface area (Å²) in [5.74, 6) is -0.179. The van der Waals surface area contributed by atoms with Crippen molar-refractivity contribution in [1.82, 2.24) is 5.32 Å². The number of para-hydroxylation sites is 1. The van der Waals surface area contributed by atoms with Gasteiger partial charge in [0.25, 0.3) is 0 Å². The van der Waals surface area contributed by atoms with Crippen molar-refractivity contribution < 1.29 is 17.9 Å². The molecule has 0 saturated carbocycles. The lowest BCUT2D eigenvalue weighted by molar-refractivity contribution is -0.275. The van der Waals surface area contributed by atoms with Crippen LogP contribution >= 0.6 is 0 Å². The third-order valence-corrected chi connectivity index (χ3v) is 2.27. The van der Waals surface area contributed by atoms with Crippen molar-refractivity contribution in [2.24, 2.45) is 0 Å².